The number of β-amino-alcohol motifs (C(OH)–C–C–N with tert-alkyl or cyclic N) is 1. The van der Waals surface area contributed by atoms with Crippen molar-refractivity contribution in [3.8, 4) is 5.75 Å². The lowest BCUT2D eigenvalue weighted by atomic mass is 9.83. The standard InChI is InChI=1S/C18H22ClN3O3/c1-25-16-10-14-12(9-13(16)19)18(24)22-6-4-15-11(17(22)20-14)3-2-5-21(15)7-8-23/h9-11,15,23H,2-8H2,1H3/t11-,15+/m0/s1. The number of rotatable bonds is 3. The molecule has 0 amide bonds. The van der Waals surface area contributed by atoms with E-state index in [-0.39, 0.29) is 18.1 Å². The Bertz CT molecular complexity index is 865. The fourth-order valence-electron chi connectivity index (χ4n) is 4.37. The van der Waals surface area contributed by atoms with Crippen LogP contribution in [0.15, 0.2) is 16.9 Å². The second-order valence-electron chi connectivity index (χ2n) is 6.80. The molecule has 2 aromatic rings. The molecule has 0 radical (unpaired) electrons. The number of aliphatic hydroxyl groups excluding tert-OH is 1. The minimum atomic E-state index is -0.0257. The molecule has 134 valence electrons. The van der Waals surface area contributed by atoms with Gasteiger partial charge < -0.3 is 9.84 Å². The zero-order valence-corrected chi connectivity index (χ0v) is 15.0. The Labute approximate surface area is 151 Å². The van der Waals surface area contributed by atoms with Crippen molar-refractivity contribution in [2.45, 2.75) is 37.8 Å². The maximum atomic E-state index is 13.0. The highest BCUT2D eigenvalue weighted by Crippen LogP contribution is 2.37. The van der Waals surface area contributed by atoms with Gasteiger partial charge >= 0.3 is 0 Å². The predicted molar refractivity (Wildman–Crippen MR) is 96.6 cm³/mol. The summed E-state index contributed by atoms with van der Waals surface area (Å²) in [6, 6.07) is 3.75. The van der Waals surface area contributed by atoms with Crippen molar-refractivity contribution in [2.24, 2.45) is 0 Å². The van der Waals surface area contributed by atoms with E-state index >= 15 is 0 Å². The highest BCUT2D eigenvalue weighted by Gasteiger charge is 2.38. The molecule has 3 heterocycles. The molecule has 2 aliphatic rings. The first-order chi connectivity index (χ1) is 12.1. The maximum absolute atomic E-state index is 13.0. The number of aromatic nitrogens is 2. The van der Waals surface area contributed by atoms with Crippen molar-refractivity contribution < 1.29 is 9.84 Å². The molecule has 2 aliphatic heterocycles. The van der Waals surface area contributed by atoms with Crippen molar-refractivity contribution in [3.05, 3.63) is 33.3 Å². The van der Waals surface area contributed by atoms with Gasteiger partial charge in [0.1, 0.15) is 11.6 Å². The van der Waals surface area contributed by atoms with Gasteiger partial charge in [-0.05, 0) is 31.9 Å². The third-order valence-electron chi connectivity index (χ3n) is 5.52. The predicted octanol–water partition coefficient (Wildman–Crippen LogP) is 2.00. The van der Waals surface area contributed by atoms with Crippen LogP contribution in [0.25, 0.3) is 10.9 Å². The highest BCUT2D eigenvalue weighted by molar-refractivity contribution is 6.32. The number of fused-ring (bicyclic) bond motifs is 4. The van der Waals surface area contributed by atoms with Crippen LogP contribution < -0.4 is 10.3 Å². The largest absolute Gasteiger partial charge is 0.495 e. The Balaban J connectivity index is 1.85. The van der Waals surface area contributed by atoms with E-state index in [2.05, 4.69) is 4.90 Å². The van der Waals surface area contributed by atoms with Crippen LogP contribution in [0.4, 0.5) is 0 Å². The average molecular weight is 364 g/mol. The molecule has 1 aromatic carbocycles. The van der Waals surface area contributed by atoms with Crippen LogP contribution in [0.2, 0.25) is 5.02 Å². The monoisotopic (exact) mass is 363 g/mol. The molecule has 0 bridgehead atoms. The Hall–Kier alpha value is -1.63. The van der Waals surface area contributed by atoms with Crippen LogP contribution in [0.3, 0.4) is 0 Å². The van der Waals surface area contributed by atoms with Crippen LogP contribution in [-0.4, -0.2) is 52.4 Å². The Morgan fingerprint density at radius 2 is 2.20 bits per heavy atom. The van der Waals surface area contributed by atoms with Gasteiger partial charge in [-0.25, -0.2) is 4.98 Å². The number of piperidine rings is 1. The van der Waals surface area contributed by atoms with Crippen LogP contribution in [-0.2, 0) is 6.54 Å². The van der Waals surface area contributed by atoms with Gasteiger partial charge in [0.05, 0.1) is 29.6 Å². The van der Waals surface area contributed by atoms with E-state index in [9.17, 15) is 9.90 Å². The summed E-state index contributed by atoms with van der Waals surface area (Å²) in [4.78, 5) is 20.2. The van der Waals surface area contributed by atoms with Gasteiger partial charge in [-0.2, -0.15) is 0 Å². The summed E-state index contributed by atoms with van der Waals surface area (Å²) in [6.07, 6.45) is 2.99. The summed E-state index contributed by atoms with van der Waals surface area (Å²) >= 11 is 6.19. The number of hydrogen-bond donors (Lipinski definition) is 1. The van der Waals surface area contributed by atoms with Crippen LogP contribution >= 0.6 is 11.6 Å². The third-order valence-corrected chi connectivity index (χ3v) is 5.81. The summed E-state index contributed by atoms with van der Waals surface area (Å²) in [7, 11) is 1.56. The molecule has 0 unspecified atom stereocenters. The van der Waals surface area contributed by atoms with Crippen molar-refractivity contribution in [1.29, 1.82) is 0 Å². The number of halogens is 1. The first kappa shape index (κ1) is 16.8. The lowest BCUT2D eigenvalue weighted by Crippen LogP contribution is -2.50. The molecule has 1 saturated heterocycles. The van der Waals surface area contributed by atoms with Crippen molar-refractivity contribution >= 4 is 22.5 Å². The van der Waals surface area contributed by atoms with E-state index in [4.69, 9.17) is 21.3 Å². The number of ether oxygens (including phenoxy) is 1. The minimum Gasteiger partial charge on any atom is -0.495 e. The highest BCUT2D eigenvalue weighted by atomic mass is 35.5. The molecule has 25 heavy (non-hydrogen) atoms. The third kappa shape index (κ3) is 2.72. The van der Waals surface area contributed by atoms with Gasteiger partial charge in [0.25, 0.3) is 5.56 Å². The Morgan fingerprint density at radius 1 is 1.36 bits per heavy atom. The van der Waals surface area contributed by atoms with E-state index in [0.717, 1.165) is 31.6 Å². The molecule has 1 N–H and O–H groups in total. The number of hydrogen-bond acceptors (Lipinski definition) is 5. The molecule has 2 atom stereocenters. The fraction of sp³-hybridized carbons (Fsp3) is 0.556. The smallest absolute Gasteiger partial charge is 0.261 e. The van der Waals surface area contributed by atoms with Crippen molar-refractivity contribution in [2.75, 3.05) is 26.8 Å². The molecular weight excluding hydrogens is 342 g/mol. The van der Waals surface area contributed by atoms with E-state index in [1.807, 2.05) is 4.57 Å². The number of methoxy groups -OCH3 is 1. The average Bonchev–Trinajstić information content (AvgIpc) is 2.62. The maximum Gasteiger partial charge on any atom is 0.261 e. The van der Waals surface area contributed by atoms with Crippen LogP contribution in [0, 0.1) is 0 Å². The van der Waals surface area contributed by atoms with Crippen molar-refractivity contribution in [1.82, 2.24) is 14.5 Å². The number of benzene rings is 1. The summed E-state index contributed by atoms with van der Waals surface area (Å²) < 4.78 is 7.09. The molecule has 0 aliphatic carbocycles. The summed E-state index contributed by atoms with van der Waals surface area (Å²) in [5, 5.41) is 10.3. The quantitative estimate of drug-likeness (QED) is 0.903. The number of aliphatic hydroxyl groups is 1. The lowest BCUT2D eigenvalue weighted by molar-refractivity contribution is 0.0768. The molecule has 4 rings (SSSR count). The van der Waals surface area contributed by atoms with Gasteiger partial charge in [0.15, 0.2) is 0 Å². The summed E-state index contributed by atoms with van der Waals surface area (Å²) in [6.45, 7) is 2.51. The van der Waals surface area contributed by atoms with E-state index in [1.54, 1.807) is 19.2 Å². The van der Waals surface area contributed by atoms with Crippen LogP contribution in [0.5, 0.6) is 5.75 Å². The second kappa shape index (κ2) is 6.59. The van der Waals surface area contributed by atoms with E-state index in [0.29, 0.717) is 40.8 Å². The lowest BCUT2D eigenvalue weighted by Gasteiger charge is -2.44. The zero-order valence-electron chi connectivity index (χ0n) is 14.2. The van der Waals surface area contributed by atoms with Gasteiger partial charge in [-0.3, -0.25) is 14.3 Å². The molecule has 7 heteroatoms. The van der Waals surface area contributed by atoms with Gasteiger partial charge in [0.2, 0.25) is 0 Å². The van der Waals surface area contributed by atoms with E-state index < -0.39 is 0 Å². The van der Waals surface area contributed by atoms with Crippen LogP contribution in [0.1, 0.15) is 31.0 Å². The topological polar surface area (TPSA) is 67.6 Å². The van der Waals surface area contributed by atoms with Gasteiger partial charge in [-0.15, -0.1) is 0 Å². The van der Waals surface area contributed by atoms with Crippen molar-refractivity contribution in [3.63, 3.8) is 0 Å². The first-order valence-electron chi connectivity index (χ1n) is 8.77. The normalized spacial score (nSPS) is 23.3. The Morgan fingerprint density at radius 3 is 2.96 bits per heavy atom. The molecule has 6 nitrogen and oxygen atoms in total. The molecule has 1 aromatic heterocycles. The molecule has 0 spiro atoms. The number of nitrogens with zero attached hydrogens (tertiary/aromatic N) is 3. The SMILES string of the molecule is COc1cc2nc3n(c(=O)c2cc1Cl)CC[C@@H]1[C@@H]3CCCN1CCO. The first-order valence-corrected chi connectivity index (χ1v) is 9.14. The number of likely N-dealkylation sites (tertiary alicyclic amines) is 1. The summed E-state index contributed by atoms with van der Waals surface area (Å²) in [5.74, 6) is 1.62. The Kier molecular flexibility index (Phi) is 4.43. The molecule has 0 saturated carbocycles. The van der Waals surface area contributed by atoms with Gasteiger partial charge in [0, 0.05) is 31.1 Å². The summed E-state index contributed by atoms with van der Waals surface area (Å²) in [5.41, 5.74) is 0.611. The zero-order chi connectivity index (χ0) is 17.6. The molecular formula is C18H22ClN3O3. The molecule has 1 fully saturated rings. The second-order valence-corrected chi connectivity index (χ2v) is 7.20. The fourth-order valence-corrected chi connectivity index (χ4v) is 4.62. The van der Waals surface area contributed by atoms with E-state index in [1.165, 1.54) is 0 Å². The van der Waals surface area contributed by atoms with Gasteiger partial charge in [-0.1, -0.05) is 11.6 Å². The minimum absolute atomic E-state index is 0.0257.